The van der Waals surface area contributed by atoms with Gasteiger partial charge in [-0.3, -0.25) is 0 Å². The zero-order valence-corrected chi connectivity index (χ0v) is 17.4. The summed E-state index contributed by atoms with van der Waals surface area (Å²) in [4.78, 5) is 21.9. The SMILES string of the molecule is CCCOC(=O)c1cccc(Nc2ncnc3scc(-c4ccccc4)c23)c1.Cl. The number of fused-ring (bicyclic) bond motifs is 1. The molecule has 7 heteroatoms. The second-order valence-electron chi connectivity index (χ2n) is 6.26. The van der Waals surface area contributed by atoms with Crippen LogP contribution in [0.3, 0.4) is 0 Å². The van der Waals surface area contributed by atoms with E-state index in [0.717, 1.165) is 33.5 Å². The lowest BCUT2D eigenvalue weighted by Gasteiger charge is -2.10. The monoisotopic (exact) mass is 425 g/mol. The topological polar surface area (TPSA) is 64.1 Å². The third-order valence-electron chi connectivity index (χ3n) is 4.25. The molecule has 0 fully saturated rings. The van der Waals surface area contributed by atoms with Crippen LogP contribution in [0.15, 0.2) is 66.3 Å². The predicted octanol–water partition coefficient (Wildman–Crippen LogP) is 6.09. The van der Waals surface area contributed by atoms with Crippen LogP contribution < -0.4 is 5.32 Å². The molecule has 0 unspecified atom stereocenters. The number of rotatable bonds is 6. The number of anilines is 2. The molecule has 0 atom stereocenters. The molecule has 148 valence electrons. The minimum Gasteiger partial charge on any atom is -0.462 e. The van der Waals surface area contributed by atoms with Crippen molar-refractivity contribution in [3.05, 3.63) is 71.9 Å². The Morgan fingerprint density at radius 2 is 1.93 bits per heavy atom. The standard InChI is InChI=1S/C22H19N3O2S.ClH/c1-2-11-27-22(26)16-9-6-10-17(12-16)25-20-19-18(15-7-4-3-5-8-15)13-28-21(19)24-14-23-20;/h3-10,12-14H,2,11H2,1H3,(H,23,24,25);1H. The maximum atomic E-state index is 12.1. The van der Waals surface area contributed by atoms with Crippen molar-refractivity contribution in [1.82, 2.24) is 9.97 Å². The number of ether oxygens (including phenoxy) is 1. The highest BCUT2D eigenvalue weighted by atomic mass is 35.5. The first kappa shape index (κ1) is 20.8. The van der Waals surface area contributed by atoms with Crippen molar-refractivity contribution in [1.29, 1.82) is 0 Å². The van der Waals surface area contributed by atoms with Gasteiger partial charge in [-0.25, -0.2) is 14.8 Å². The third-order valence-corrected chi connectivity index (χ3v) is 5.14. The van der Waals surface area contributed by atoms with Crippen molar-refractivity contribution in [3.8, 4) is 11.1 Å². The van der Waals surface area contributed by atoms with Crippen molar-refractivity contribution >= 4 is 51.4 Å². The Kier molecular flexibility index (Phi) is 6.80. The lowest BCUT2D eigenvalue weighted by Crippen LogP contribution is -2.06. The molecule has 0 saturated carbocycles. The highest BCUT2D eigenvalue weighted by Gasteiger charge is 2.14. The van der Waals surface area contributed by atoms with Gasteiger partial charge < -0.3 is 10.1 Å². The van der Waals surface area contributed by atoms with Crippen molar-refractivity contribution in [2.24, 2.45) is 0 Å². The average Bonchev–Trinajstić information content (AvgIpc) is 3.18. The molecule has 0 aliphatic carbocycles. The van der Waals surface area contributed by atoms with Gasteiger partial charge in [-0.1, -0.05) is 43.3 Å². The van der Waals surface area contributed by atoms with Gasteiger partial charge in [0.2, 0.25) is 0 Å². The van der Waals surface area contributed by atoms with E-state index in [0.29, 0.717) is 18.0 Å². The number of esters is 1. The second kappa shape index (κ2) is 9.49. The van der Waals surface area contributed by atoms with E-state index in [1.807, 2.05) is 37.3 Å². The van der Waals surface area contributed by atoms with Crippen LogP contribution in [0, 0.1) is 0 Å². The van der Waals surface area contributed by atoms with E-state index in [1.54, 1.807) is 29.8 Å². The first-order valence-electron chi connectivity index (χ1n) is 9.08. The van der Waals surface area contributed by atoms with Crippen LogP contribution in [-0.2, 0) is 4.74 Å². The molecule has 4 aromatic rings. The number of thiophene rings is 1. The molecule has 0 aliphatic heterocycles. The lowest BCUT2D eigenvalue weighted by atomic mass is 10.1. The number of halogens is 1. The molecule has 29 heavy (non-hydrogen) atoms. The van der Waals surface area contributed by atoms with Gasteiger partial charge in [0, 0.05) is 16.6 Å². The summed E-state index contributed by atoms with van der Waals surface area (Å²) in [5, 5.41) is 6.41. The molecule has 0 aliphatic rings. The molecular formula is C22H20ClN3O2S. The van der Waals surface area contributed by atoms with Crippen LogP contribution in [0.2, 0.25) is 0 Å². The maximum absolute atomic E-state index is 12.1. The molecule has 5 nitrogen and oxygen atoms in total. The fraction of sp³-hybridized carbons (Fsp3) is 0.136. The molecule has 0 bridgehead atoms. The second-order valence-corrected chi connectivity index (χ2v) is 7.12. The Hall–Kier alpha value is -2.96. The Balaban J connectivity index is 0.00000240. The average molecular weight is 426 g/mol. The van der Waals surface area contributed by atoms with Gasteiger partial charge in [0.1, 0.15) is 17.0 Å². The number of hydrogen-bond donors (Lipinski definition) is 1. The minimum atomic E-state index is -0.321. The van der Waals surface area contributed by atoms with Crippen LogP contribution in [-0.4, -0.2) is 22.5 Å². The number of nitrogens with zero attached hydrogens (tertiary/aromatic N) is 2. The van der Waals surface area contributed by atoms with E-state index >= 15 is 0 Å². The van der Waals surface area contributed by atoms with Crippen molar-refractivity contribution in [2.45, 2.75) is 13.3 Å². The highest BCUT2D eigenvalue weighted by molar-refractivity contribution is 7.17. The van der Waals surface area contributed by atoms with Crippen molar-refractivity contribution < 1.29 is 9.53 Å². The summed E-state index contributed by atoms with van der Waals surface area (Å²) >= 11 is 1.59. The summed E-state index contributed by atoms with van der Waals surface area (Å²) in [5.41, 5.74) is 3.49. The zero-order chi connectivity index (χ0) is 19.3. The van der Waals surface area contributed by atoms with Crippen LogP contribution >= 0.6 is 23.7 Å². The van der Waals surface area contributed by atoms with Crippen LogP contribution in [0.25, 0.3) is 21.3 Å². The van der Waals surface area contributed by atoms with E-state index in [1.165, 1.54) is 0 Å². The van der Waals surface area contributed by atoms with E-state index in [-0.39, 0.29) is 18.4 Å². The Morgan fingerprint density at radius 1 is 1.10 bits per heavy atom. The van der Waals surface area contributed by atoms with E-state index in [4.69, 9.17) is 4.74 Å². The number of carbonyl (C=O) groups is 1. The molecule has 2 aromatic heterocycles. The van der Waals surface area contributed by atoms with Crippen LogP contribution in [0.1, 0.15) is 23.7 Å². The molecule has 0 radical (unpaired) electrons. The van der Waals surface area contributed by atoms with Gasteiger partial charge in [0.05, 0.1) is 17.6 Å². The summed E-state index contributed by atoms with van der Waals surface area (Å²) in [6.45, 7) is 2.38. The number of carbonyl (C=O) groups excluding carboxylic acids is 1. The minimum absolute atomic E-state index is 0. The van der Waals surface area contributed by atoms with Gasteiger partial charge in [0.25, 0.3) is 0 Å². The van der Waals surface area contributed by atoms with Gasteiger partial charge in [-0.05, 0) is 30.2 Å². The highest BCUT2D eigenvalue weighted by Crippen LogP contribution is 2.37. The molecule has 2 aromatic carbocycles. The normalized spacial score (nSPS) is 10.4. The fourth-order valence-corrected chi connectivity index (χ4v) is 3.85. The summed E-state index contributed by atoms with van der Waals surface area (Å²) in [5.74, 6) is 0.392. The van der Waals surface area contributed by atoms with E-state index < -0.39 is 0 Å². The Labute approximate surface area is 179 Å². The maximum Gasteiger partial charge on any atom is 0.338 e. The smallest absolute Gasteiger partial charge is 0.338 e. The molecule has 0 amide bonds. The number of benzene rings is 2. The quantitative estimate of drug-likeness (QED) is 0.378. The number of hydrogen-bond acceptors (Lipinski definition) is 6. The van der Waals surface area contributed by atoms with E-state index in [2.05, 4.69) is 32.8 Å². The summed E-state index contributed by atoms with van der Waals surface area (Å²) < 4.78 is 5.23. The van der Waals surface area contributed by atoms with Gasteiger partial charge >= 0.3 is 5.97 Å². The third kappa shape index (κ3) is 4.55. The van der Waals surface area contributed by atoms with Crippen molar-refractivity contribution in [3.63, 3.8) is 0 Å². The number of aromatic nitrogens is 2. The summed E-state index contributed by atoms with van der Waals surface area (Å²) in [7, 11) is 0. The van der Waals surface area contributed by atoms with Crippen molar-refractivity contribution in [2.75, 3.05) is 11.9 Å². The number of nitrogens with one attached hydrogen (secondary N) is 1. The molecule has 0 saturated heterocycles. The fourth-order valence-electron chi connectivity index (χ4n) is 2.94. The first-order chi connectivity index (χ1) is 13.8. The molecular weight excluding hydrogens is 406 g/mol. The Morgan fingerprint density at radius 3 is 2.72 bits per heavy atom. The van der Waals surface area contributed by atoms with Crippen LogP contribution in [0.5, 0.6) is 0 Å². The Bertz CT molecular complexity index is 1120. The molecule has 2 heterocycles. The van der Waals surface area contributed by atoms with Crippen LogP contribution in [0.4, 0.5) is 11.5 Å². The molecule has 4 rings (SSSR count). The summed E-state index contributed by atoms with van der Waals surface area (Å²) in [6, 6.07) is 17.4. The van der Waals surface area contributed by atoms with E-state index in [9.17, 15) is 4.79 Å². The van der Waals surface area contributed by atoms with Gasteiger partial charge in [-0.2, -0.15) is 0 Å². The predicted molar refractivity (Wildman–Crippen MR) is 120 cm³/mol. The zero-order valence-electron chi connectivity index (χ0n) is 15.8. The summed E-state index contributed by atoms with van der Waals surface area (Å²) in [6.07, 6.45) is 2.35. The first-order valence-corrected chi connectivity index (χ1v) is 9.96. The van der Waals surface area contributed by atoms with Gasteiger partial charge in [-0.15, -0.1) is 23.7 Å². The lowest BCUT2D eigenvalue weighted by molar-refractivity contribution is 0.0505. The van der Waals surface area contributed by atoms with Gasteiger partial charge in [0.15, 0.2) is 0 Å². The molecule has 0 spiro atoms. The largest absolute Gasteiger partial charge is 0.462 e. The molecule has 1 N–H and O–H groups in total.